The molecule has 0 aromatic heterocycles. The second kappa shape index (κ2) is 25.9. The Morgan fingerprint density at radius 2 is 0.793 bits per heavy atom. The monoisotopic (exact) mass is 825 g/mol. The van der Waals surface area contributed by atoms with Crippen molar-refractivity contribution in [1.82, 2.24) is 0 Å². The molecule has 0 heterocycles. The molecule has 0 spiro atoms. The predicted molar refractivity (Wildman–Crippen MR) is 252 cm³/mol. The summed E-state index contributed by atoms with van der Waals surface area (Å²) in [4.78, 5) is 43.2. The SMILES string of the molecule is CC(C)(C)CC(CC=O)CC(C)(C)C.CC(C)(C)CC(COC=O)CC(C)(C)C.CC(CC(C)(C)C)C(C(=O)O)C(C)(C)C.CC(CC(C)(C)C)C(C=O)C(C)(C)C. The maximum atomic E-state index is 11.3. The van der Waals surface area contributed by atoms with Crippen LogP contribution in [0.15, 0.2) is 0 Å². The molecule has 0 amide bonds. The summed E-state index contributed by atoms with van der Waals surface area (Å²) >= 11 is 0. The number of carboxylic acids is 1. The number of aliphatic carboxylic acids is 1. The fraction of sp³-hybridized carbons (Fsp3) is 0.923. The Labute approximate surface area is 363 Å². The summed E-state index contributed by atoms with van der Waals surface area (Å²) in [6.45, 7) is 57.8. The first-order valence-electron chi connectivity index (χ1n) is 22.5. The van der Waals surface area contributed by atoms with Crippen molar-refractivity contribution in [3.8, 4) is 0 Å². The van der Waals surface area contributed by atoms with Gasteiger partial charge in [0.1, 0.15) is 12.6 Å². The quantitative estimate of drug-likeness (QED) is 0.165. The first-order valence-corrected chi connectivity index (χ1v) is 22.5. The summed E-state index contributed by atoms with van der Waals surface area (Å²) in [5, 5.41) is 9.28. The molecule has 58 heavy (non-hydrogen) atoms. The van der Waals surface area contributed by atoms with E-state index in [9.17, 15) is 24.3 Å². The lowest BCUT2D eigenvalue weighted by Gasteiger charge is -2.35. The maximum absolute atomic E-state index is 11.3. The zero-order chi connectivity index (χ0) is 47.5. The average molecular weight is 825 g/mol. The first-order chi connectivity index (χ1) is 25.3. The number of carboxylic acid groups (broad SMARTS) is 1. The lowest BCUT2D eigenvalue weighted by molar-refractivity contribution is -0.148. The summed E-state index contributed by atoms with van der Waals surface area (Å²) in [6, 6.07) is 0. The molecule has 6 nitrogen and oxygen atoms in total. The van der Waals surface area contributed by atoms with Gasteiger partial charge >= 0.3 is 5.97 Å². The van der Waals surface area contributed by atoms with Crippen molar-refractivity contribution >= 4 is 25.0 Å². The van der Waals surface area contributed by atoms with Crippen LogP contribution in [0.1, 0.15) is 225 Å². The molecular weight excluding hydrogens is 721 g/mol. The van der Waals surface area contributed by atoms with E-state index in [1.807, 2.05) is 20.8 Å². The van der Waals surface area contributed by atoms with Crippen LogP contribution in [0, 0.1) is 78.8 Å². The molecule has 1 N–H and O–H groups in total. The van der Waals surface area contributed by atoms with E-state index >= 15 is 0 Å². The van der Waals surface area contributed by atoms with E-state index in [1.165, 1.54) is 0 Å². The summed E-state index contributed by atoms with van der Waals surface area (Å²) in [5.41, 5.74) is 1.68. The Bertz CT molecular complexity index is 1060. The molecule has 0 aliphatic carbocycles. The van der Waals surface area contributed by atoms with Gasteiger partial charge in [-0.05, 0) is 106 Å². The lowest BCUT2D eigenvalue weighted by atomic mass is 9.69. The van der Waals surface area contributed by atoms with E-state index in [0.717, 1.165) is 51.1 Å². The second-order valence-electron chi connectivity index (χ2n) is 27.3. The van der Waals surface area contributed by atoms with E-state index in [2.05, 4.69) is 159 Å². The van der Waals surface area contributed by atoms with Crippen LogP contribution >= 0.6 is 0 Å². The molecule has 0 aromatic carbocycles. The van der Waals surface area contributed by atoms with Gasteiger partial charge in [-0.3, -0.25) is 9.59 Å². The van der Waals surface area contributed by atoms with Gasteiger partial charge in [0.15, 0.2) is 0 Å². The van der Waals surface area contributed by atoms with E-state index < -0.39 is 5.97 Å². The molecule has 0 radical (unpaired) electrons. The molecule has 0 fully saturated rings. The lowest BCUT2D eigenvalue weighted by Crippen LogP contribution is -2.35. The second-order valence-corrected chi connectivity index (χ2v) is 27.3. The van der Waals surface area contributed by atoms with Gasteiger partial charge in [0.2, 0.25) is 0 Å². The molecule has 0 saturated carbocycles. The van der Waals surface area contributed by atoms with Crippen LogP contribution in [-0.2, 0) is 23.9 Å². The average Bonchev–Trinajstić information content (AvgIpc) is 2.85. The Morgan fingerprint density at radius 3 is 1.02 bits per heavy atom. The van der Waals surface area contributed by atoms with Gasteiger partial charge in [0.25, 0.3) is 6.47 Å². The molecule has 0 aliphatic heterocycles. The zero-order valence-electron chi connectivity index (χ0n) is 43.8. The van der Waals surface area contributed by atoms with Crippen LogP contribution in [0.4, 0.5) is 0 Å². The molecule has 0 rings (SSSR count). The Kier molecular flexibility index (Phi) is 28.1. The summed E-state index contributed by atoms with van der Waals surface area (Å²) in [6.07, 6.45) is 9.45. The van der Waals surface area contributed by atoms with Crippen molar-refractivity contribution in [2.75, 3.05) is 6.61 Å². The molecule has 0 bridgehead atoms. The van der Waals surface area contributed by atoms with E-state index in [1.54, 1.807) is 0 Å². The Balaban J connectivity index is -0.000000335. The molecule has 4 unspecified atom stereocenters. The van der Waals surface area contributed by atoms with Crippen molar-refractivity contribution in [1.29, 1.82) is 0 Å². The number of carbonyl (C=O) groups is 4. The number of carbonyl (C=O) groups excluding carboxylic acids is 3. The van der Waals surface area contributed by atoms with Gasteiger partial charge in [-0.1, -0.05) is 180 Å². The van der Waals surface area contributed by atoms with E-state index in [0.29, 0.717) is 64.3 Å². The van der Waals surface area contributed by atoms with Crippen molar-refractivity contribution in [2.45, 2.75) is 225 Å². The fourth-order valence-electron chi connectivity index (χ4n) is 9.04. The number of hydrogen-bond donors (Lipinski definition) is 1. The highest BCUT2D eigenvalue weighted by Gasteiger charge is 2.37. The minimum Gasteiger partial charge on any atom is -0.481 e. The topological polar surface area (TPSA) is 97.7 Å². The van der Waals surface area contributed by atoms with Crippen LogP contribution in [-0.4, -0.2) is 36.7 Å². The normalized spacial score (nSPS) is 15.3. The van der Waals surface area contributed by atoms with Gasteiger partial charge < -0.3 is 19.4 Å². The molecule has 6 heteroatoms. The third-order valence-corrected chi connectivity index (χ3v) is 9.83. The van der Waals surface area contributed by atoms with Crippen molar-refractivity contribution < 1.29 is 29.0 Å². The highest BCUT2D eigenvalue weighted by Crippen LogP contribution is 2.39. The maximum Gasteiger partial charge on any atom is 0.307 e. The van der Waals surface area contributed by atoms with Gasteiger partial charge in [-0.15, -0.1) is 0 Å². The third-order valence-electron chi connectivity index (χ3n) is 9.83. The molecule has 0 aliphatic rings. The van der Waals surface area contributed by atoms with Crippen molar-refractivity contribution in [3.05, 3.63) is 0 Å². The van der Waals surface area contributed by atoms with Crippen LogP contribution in [0.3, 0.4) is 0 Å². The minimum atomic E-state index is -0.667. The predicted octanol–water partition coefficient (Wildman–Crippen LogP) is 15.4. The van der Waals surface area contributed by atoms with Gasteiger partial charge in [0.05, 0.1) is 12.5 Å². The fourth-order valence-corrected chi connectivity index (χ4v) is 9.04. The highest BCUT2D eigenvalue weighted by molar-refractivity contribution is 5.71. The van der Waals surface area contributed by atoms with Crippen LogP contribution in [0.5, 0.6) is 0 Å². The number of aldehydes is 2. The molecule has 348 valence electrons. The summed E-state index contributed by atoms with van der Waals surface area (Å²) in [7, 11) is 0. The Hall–Kier alpha value is -1.72. The van der Waals surface area contributed by atoms with Crippen LogP contribution in [0.25, 0.3) is 0 Å². The zero-order valence-corrected chi connectivity index (χ0v) is 43.8. The minimum absolute atomic E-state index is 0.0897. The first kappa shape index (κ1) is 62.9. The van der Waals surface area contributed by atoms with E-state index in [4.69, 9.17) is 4.74 Å². The smallest absolute Gasteiger partial charge is 0.307 e. The van der Waals surface area contributed by atoms with Crippen molar-refractivity contribution in [3.63, 3.8) is 0 Å². The van der Waals surface area contributed by atoms with Crippen molar-refractivity contribution in [2.24, 2.45) is 78.8 Å². The molecule has 0 saturated heterocycles. The number of rotatable bonds is 15. The van der Waals surface area contributed by atoms with Gasteiger partial charge in [0, 0.05) is 12.3 Å². The highest BCUT2D eigenvalue weighted by atomic mass is 16.5. The largest absolute Gasteiger partial charge is 0.481 e. The molecular formula is C52H104O6. The summed E-state index contributed by atoms with van der Waals surface area (Å²) < 4.78 is 4.91. The Morgan fingerprint density at radius 1 is 0.483 bits per heavy atom. The number of ether oxygens (including phenoxy) is 1. The van der Waals surface area contributed by atoms with Gasteiger partial charge in [-0.25, -0.2) is 0 Å². The number of hydrogen-bond acceptors (Lipinski definition) is 5. The molecule has 4 atom stereocenters. The van der Waals surface area contributed by atoms with Gasteiger partial charge in [-0.2, -0.15) is 0 Å². The third kappa shape index (κ3) is 41.0. The van der Waals surface area contributed by atoms with Crippen LogP contribution in [0.2, 0.25) is 0 Å². The molecule has 0 aromatic rings. The van der Waals surface area contributed by atoms with E-state index in [-0.39, 0.29) is 34.0 Å². The standard InChI is InChI=1S/2C13H26O2.2C13H26O/c1-12(2,3)7-11(9-15-10-14)8-13(4,5)6;1-9(8-12(2,3)4)10(11(14)15)13(5,6)7;1-10(8-12(2,3)4)11(9-14)13(5,6)7;1-12(2,3)9-11(7-8-14)10-13(4,5)6/h10-11H,7-9H2,1-6H3;9-10H,8H2,1-7H3,(H,14,15);9-11H,8H2,1-7H3;8,11H,7,9-10H2,1-6H3. The van der Waals surface area contributed by atoms with Crippen LogP contribution < -0.4 is 0 Å². The summed E-state index contributed by atoms with van der Waals surface area (Å²) in [5.74, 6) is 0.926.